The van der Waals surface area contributed by atoms with Gasteiger partial charge in [0.2, 0.25) is 0 Å². The molecule has 19 heavy (non-hydrogen) atoms. The molecule has 0 aliphatic rings. The zero-order valence-electron chi connectivity index (χ0n) is 11.3. The van der Waals surface area contributed by atoms with E-state index < -0.39 is 0 Å². The largest absolute Gasteiger partial charge is 0.207 e. The number of halogens is 2. The minimum atomic E-state index is -0.226. The summed E-state index contributed by atoms with van der Waals surface area (Å²) in [5.74, 6) is -0.219. The van der Waals surface area contributed by atoms with Crippen LogP contribution >= 0.6 is 11.6 Å². The minimum Gasteiger partial charge on any atom is -0.207 e. The van der Waals surface area contributed by atoms with E-state index in [1.165, 1.54) is 17.7 Å². The van der Waals surface area contributed by atoms with Gasteiger partial charge in [-0.25, -0.2) is 4.39 Å². The number of aryl methyl sites for hydroxylation is 2. The van der Waals surface area contributed by atoms with Crippen LogP contribution in [0.25, 0.3) is 0 Å². The van der Waals surface area contributed by atoms with Gasteiger partial charge in [-0.3, -0.25) is 0 Å². The molecule has 2 aromatic carbocycles. The molecule has 0 spiro atoms. The second-order valence-electron chi connectivity index (χ2n) is 4.86. The molecule has 0 aliphatic carbocycles. The van der Waals surface area contributed by atoms with Gasteiger partial charge in [-0.2, -0.15) is 0 Å². The molecule has 0 aromatic heterocycles. The van der Waals surface area contributed by atoms with Gasteiger partial charge in [0, 0.05) is 0 Å². The fourth-order valence-electron chi connectivity index (χ4n) is 2.24. The number of benzene rings is 2. The first kappa shape index (κ1) is 14.1. The van der Waals surface area contributed by atoms with Crippen LogP contribution in [-0.2, 0) is 6.42 Å². The van der Waals surface area contributed by atoms with Crippen LogP contribution in [-0.4, -0.2) is 0 Å². The lowest BCUT2D eigenvalue weighted by Crippen LogP contribution is -1.97. The molecule has 0 bridgehead atoms. The first-order valence-electron chi connectivity index (χ1n) is 6.60. The smallest absolute Gasteiger partial charge is 0.123 e. The summed E-state index contributed by atoms with van der Waals surface area (Å²) < 4.78 is 13.1. The van der Waals surface area contributed by atoms with E-state index >= 15 is 0 Å². The number of alkyl halides is 1. The van der Waals surface area contributed by atoms with Crippen LogP contribution in [0.4, 0.5) is 4.39 Å². The highest BCUT2D eigenvalue weighted by Gasteiger charge is 2.13. The maximum atomic E-state index is 13.1. The molecule has 0 N–H and O–H groups in total. The summed E-state index contributed by atoms with van der Waals surface area (Å²) in [4.78, 5) is 0. The Morgan fingerprint density at radius 2 is 1.79 bits per heavy atom. The van der Waals surface area contributed by atoms with Crippen molar-refractivity contribution in [2.75, 3.05) is 0 Å². The average Bonchev–Trinajstić information content (AvgIpc) is 2.39. The van der Waals surface area contributed by atoms with Crippen LogP contribution in [0.5, 0.6) is 0 Å². The zero-order chi connectivity index (χ0) is 13.8. The highest BCUT2D eigenvalue weighted by atomic mass is 35.5. The fourth-order valence-corrected chi connectivity index (χ4v) is 2.64. The number of rotatable bonds is 4. The SMILES string of the molecule is CCCc1ccc(C(Cl)c2ccc(F)cc2C)cc1. The monoisotopic (exact) mass is 276 g/mol. The predicted octanol–water partition coefficient (Wildman–Crippen LogP) is 5.41. The number of hydrogen-bond donors (Lipinski definition) is 0. The van der Waals surface area contributed by atoms with Crippen molar-refractivity contribution in [3.63, 3.8) is 0 Å². The molecule has 2 aromatic rings. The average molecular weight is 277 g/mol. The van der Waals surface area contributed by atoms with Gasteiger partial charge in [0.15, 0.2) is 0 Å². The molecule has 100 valence electrons. The first-order valence-corrected chi connectivity index (χ1v) is 7.04. The third kappa shape index (κ3) is 3.36. The van der Waals surface area contributed by atoms with Crippen LogP contribution < -0.4 is 0 Å². The maximum Gasteiger partial charge on any atom is 0.123 e. The Labute approximate surface area is 119 Å². The van der Waals surface area contributed by atoms with Gasteiger partial charge in [0.25, 0.3) is 0 Å². The highest BCUT2D eigenvalue weighted by molar-refractivity contribution is 6.22. The summed E-state index contributed by atoms with van der Waals surface area (Å²) in [6, 6.07) is 13.1. The third-order valence-electron chi connectivity index (χ3n) is 3.32. The molecule has 0 aliphatic heterocycles. The Morgan fingerprint density at radius 1 is 1.11 bits per heavy atom. The second kappa shape index (κ2) is 6.21. The van der Waals surface area contributed by atoms with Gasteiger partial charge in [-0.05, 0) is 47.7 Å². The van der Waals surface area contributed by atoms with Crippen LogP contribution in [0.1, 0.15) is 41.0 Å². The topological polar surface area (TPSA) is 0 Å². The quantitative estimate of drug-likeness (QED) is 0.655. The summed E-state index contributed by atoms with van der Waals surface area (Å²) in [6.45, 7) is 4.05. The molecule has 2 heteroatoms. The van der Waals surface area contributed by atoms with Crippen molar-refractivity contribution in [2.24, 2.45) is 0 Å². The predicted molar refractivity (Wildman–Crippen MR) is 79.3 cm³/mol. The van der Waals surface area contributed by atoms with Crippen molar-refractivity contribution in [3.05, 3.63) is 70.5 Å². The third-order valence-corrected chi connectivity index (χ3v) is 3.80. The molecule has 1 unspecified atom stereocenters. The molecule has 0 amide bonds. The molecule has 0 nitrogen and oxygen atoms in total. The van der Waals surface area contributed by atoms with Gasteiger partial charge in [-0.1, -0.05) is 43.7 Å². The van der Waals surface area contributed by atoms with E-state index in [1.54, 1.807) is 6.07 Å². The van der Waals surface area contributed by atoms with Crippen LogP contribution in [0.15, 0.2) is 42.5 Å². The fraction of sp³-hybridized carbons (Fsp3) is 0.294. The maximum absolute atomic E-state index is 13.1. The highest BCUT2D eigenvalue weighted by Crippen LogP contribution is 2.31. The Kier molecular flexibility index (Phi) is 4.60. The van der Waals surface area contributed by atoms with Crippen molar-refractivity contribution in [1.82, 2.24) is 0 Å². The minimum absolute atomic E-state index is 0.219. The van der Waals surface area contributed by atoms with E-state index in [9.17, 15) is 4.39 Å². The molecule has 0 radical (unpaired) electrons. The summed E-state index contributed by atoms with van der Waals surface area (Å²) in [6.07, 6.45) is 2.23. The van der Waals surface area contributed by atoms with Gasteiger partial charge >= 0.3 is 0 Å². The summed E-state index contributed by atoms with van der Waals surface area (Å²) in [5, 5.41) is -0.226. The lowest BCUT2D eigenvalue weighted by Gasteiger charge is -2.14. The van der Waals surface area contributed by atoms with E-state index in [2.05, 4.69) is 31.2 Å². The Bertz CT molecular complexity index is 546. The number of hydrogen-bond acceptors (Lipinski definition) is 0. The lowest BCUT2D eigenvalue weighted by molar-refractivity contribution is 0.625. The molecule has 0 saturated heterocycles. The molecular formula is C17H18ClF. The van der Waals surface area contributed by atoms with Crippen molar-refractivity contribution in [1.29, 1.82) is 0 Å². The molecule has 0 fully saturated rings. The van der Waals surface area contributed by atoms with E-state index in [4.69, 9.17) is 11.6 Å². The standard InChI is InChI=1S/C17H18ClF/c1-3-4-13-5-7-14(8-6-13)17(18)16-10-9-15(19)11-12(16)2/h5-11,17H,3-4H2,1-2H3. The summed E-state index contributed by atoms with van der Waals surface area (Å²) >= 11 is 6.50. The van der Waals surface area contributed by atoms with Crippen LogP contribution in [0.2, 0.25) is 0 Å². The first-order chi connectivity index (χ1) is 9.11. The van der Waals surface area contributed by atoms with E-state index in [0.717, 1.165) is 29.5 Å². The van der Waals surface area contributed by atoms with Crippen molar-refractivity contribution in [2.45, 2.75) is 32.1 Å². The van der Waals surface area contributed by atoms with E-state index in [1.807, 2.05) is 6.92 Å². The molecule has 0 saturated carbocycles. The lowest BCUT2D eigenvalue weighted by atomic mass is 9.98. The molecule has 2 rings (SSSR count). The molecule has 0 heterocycles. The Balaban J connectivity index is 2.25. The van der Waals surface area contributed by atoms with Gasteiger partial charge < -0.3 is 0 Å². The normalized spacial score (nSPS) is 12.4. The summed E-state index contributed by atoms with van der Waals surface area (Å²) in [7, 11) is 0. The van der Waals surface area contributed by atoms with E-state index in [0.29, 0.717) is 0 Å². The second-order valence-corrected chi connectivity index (χ2v) is 5.29. The van der Waals surface area contributed by atoms with Gasteiger partial charge in [0.05, 0.1) is 5.38 Å². The van der Waals surface area contributed by atoms with Crippen LogP contribution in [0, 0.1) is 12.7 Å². The van der Waals surface area contributed by atoms with E-state index in [-0.39, 0.29) is 11.2 Å². The van der Waals surface area contributed by atoms with Crippen molar-refractivity contribution in [3.8, 4) is 0 Å². The van der Waals surface area contributed by atoms with Gasteiger partial charge in [-0.15, -0.1) is 11.6 Å². The van der Waals surface area contributed by atoms with Crippen LogP contribution in [0.3, 0.4) is 0 Å². The molecular weight excluding hydrogens is 259 g/mol. The zero-order valence-corrected chi connectivity index (χ0v) is 12.0. The Morgan fingerprint density at radius 3 is 2.37 bits per heavy atom. The van der Waals surface area contributed by atoms with Crippen molar-refractivity contribution >= 4 is 11.6 Å². The molecule has 1 atom stereocenters. The van der Waals surface area contributed by atoms with Crippen molar-refractivity contribution < 1.29 is 4.39 Å². The Hall–Kier alpha value is -1.34. The summed E-state index contributed by atoms with van der Waals surface area (Å²) in [5.41, 5.74) is 4.23. The van der Waals surface area contributed by atoms with Gasteiger partial charge in [0.1, 0.15) is 5.82 Å².